The van der Waals surface area contributed by atoms with Gasteiger partial charge in [-0.15, -0.1) is 10.2 Å². The number of hydrogen-bond acceptors (Lipinski definition) is 5. The summed E-state index contributed by atoms with van der Waals surface area (Å²) in [6.45, 7) is 0. The monoisotopic (exact) mass is 212 g/mol. The van der Waals surface area contributed by atoms with Gasteiger partial charge in [-0.1, -0.05) is 30.3 Å². The fourth-order valence-corrected chi connectivity index (χ4v) is 1.54. The standard InChI is InChI=1S/C10H8N6/c11-10-12-9-8(14-16-10)7(13-15-9)6-4-2-1-3-5-6/h1-5H,(H3,11,12,13,15,16). The fraction of sp³-hybridized carbons (Fsp3) is 0. The highest BCUT2D eigenvalue weighted by Crippen LogP contribution is 2.22. The minimum absolute atomic E-state index is 0.135. The molecule has 0 saturated heterocycles. The first-order chi connectivity index (χ1) is 7.84. The van der Waals surface area contributed by atoms with Crippen molar-refractivity contribution >= 4 is 17.1 Å². The smallest absolute Gasteiger partial charge is 0.242 e. The lowest BCUT2D eigenvalue weighted by molar-refractivity contribution is 1.03. The summed E-state index contributed by atoms with van der Waals surface area (Å²) in [6, 6.07) is 9.73. The molecule has 0 aliphatic heterocycles. The van der Waals surface area contributed by atoms with Crippen LogP contribution in [0.15, 0.2) is 30.3 Å². The van der Waals surface area contributed by atoms with Crippen LogP contribution in [0.3, 0.4) is 0 Å². The van der Waals surface area contributed by atoms with E-state index in [1.807, 2.05) is 30.3 Å². The van der Waals surface area contributed by atoms with Gasteiger partial charge in [0.15, 0.2) is 11.2 Å². The summed E-state index contributed by atoms with van der Waals surface area (Å²) in [5.74, 6) is 0.135. The number of aromatic amines is 1. The van der Waals surface area contributed by atoms with E-state index in [2.05, 4.69) is 25.4 Å². The highest BCUT2D eigenvalue weighted by atomic mass is 15.3. The summed E-state index contributed by atoms with van der Waals surface area (Å²) < 4.78 is 0. The number of rotatable bonds is 1. The van der Waals surface area contributed by atoms with Crippen molar-refractivity contribution in [1.29, 1.82) is 0 Å². The number of nitrogens with two attached hydrogens (primary N) is 1. The lowest BCUT2D eigenvalue weighted by Crippen LogP contribution is -1.96. The van der Waals surface area contributed by atoms with Gasteiger partial charge in [-0.05, 0) is 0 Å². The molecule has 0 aliphatic rings. The van der Waals surface area contributed by atoms with E-state index in [1.54, 1.807) is 0 Å². The van der Waals surface area contributed by atoms with Crippen LogP contribution < -0.4 is 5.73 Å². The normalized spacial score (nSPS) is 10.8. The van der Waals surface area contributed by atoms with Gasteiger partial charge in [0.05, 0.1) is 0 Å². The summed E-state index contributed by atoms with van der Waals surface area (Å²) in [4.78, 5) is 4.01. The summed E-state index contributed by atoms with van der Waals surface area (Å²) in [6.07, 6.45) is 0. The first-order valence-corrected chi connectivity index (χ1v) is 4.74. The van der Waals surface area contributed by atoms with Crippen LogP contribution in [0, 0.1) is 0 Å². The molecule has 0 atom stereocenters. The molecule has 0 saturated carbocycles. The van der Waals surface area contributed by atoms with Crippen molar-refractivity contribution < 1.29 is 0 Å². The summed E-state index contributed by atoms with van der Waals surface area (Å²) in [5.41, 5.74) is 8.31. The van der Waals surface area contributed by atoms with Gasteiger partial charge >= 0.3 is 0 Å². The van der Waals surface area contributed by atoms with Crippen molar-refractivity contribution in [2.24, 2.45) is 0 Å². The maximum atomic E-state index is 5.44. The Bertz CT molecular complexity index is 630. The maximum absolute atomic E-state index is 5.44. The lowest BCUT2D eigenvalue weighted by Gasteiger charge is -1.95. The van der Waals surface area contributed by atoms with Gasteiger partial charge in [0, 0.05) is 5.56 Å². The first kappa shape index (κ1) is 8.78. The second-order valence-corrected chi connectivity index (χ2v) is 3.31. The van der Waals surface area contributed by atoms with Gasteiger partial charge in [-0.2, -0.15) is 10.1 Å². The van der Waals surface area contributed by atoms with Gasteiger partial charge in [0.1, 0.15) is 5.69 Å². The lowest BCUT2D eigenvalue weighted by atomic mass is 10.1. The molecule has 3 aromatic rings. The fourth-order valence-electron chi connectivity index (χ4n) is 1.54. The topological polar surface area (TPSA) is 93.4 Å². The molecule has 3 rings (SSSR count). The Hall–Kier alpha value is -2.50. The Morgan fingerprint density at radius 1 is 1.06 bits per heavy atom. The predicted octanol–water partition coefficient (Wildman–Crippen LogP) is 0.997. The number of H-pyrrole nitrogens is 1. The Labute approximate surface area is 90.5 Å². The second kappa shape index (κ2) is 3.27. The molecule has 0 amide bonds. The average Bonchev–Trinajstić information content (AvgIpc) is 2.73. The highest BCUT2D eigenvalue weighted by molar-refractivity contribution is 5.86. The highest BCUT2D eigenvalue weighted by Gasteiger charge is 2.10. The van der Waals surface area contributed by atoms with Crippen LogP contribution in [0.25, 0.3) is 22.4 Å². The molecule has 0 spiro atoms. The Morgan fingerprint density at radius 3 is 2.69 bits per heavy atom. The molecular weight excluding hydrogens is 204 g/mol. The third kappa shape index (κ3) is 1.28. The largest absolute Gasteiger partial charge is 0.366 e. The van der Waals surface area contributed by atoms with E-state index in [4.69, 9.17) is 5.73 Å². The van der Waals surface area contributed by atoms with Crippen molar-refractivity contribution in [3.63, 3.8) is 0 Å². The zero-order valence-corrected chi connectivity index (χ0v) is 8.25. The molecule has 0 bridgehead atoms. The second-order valence-electron chi connectivity index (χ2n) is 3.31. The molecule has 0 radical (unpaired) electrons. The molecule has 0 aliphatic carbocycles. The van der Waals surface area contributed by atoms with Crippen LogP contribution in [-0.2, 0) is 0 Å². The number of fused-ring (bicyclic) bond motifs is 1. The number of nitrogens with zero attached hydrogens (tertiary/aromatic N) is 4. The van der Waals surface area contributed by atoms with E-state index in [9.17, 15) is 0 Å². The molecule has 3 N–H and O–H groups in total. The van der Waals surface area contributed by atoms with Gasteiger partial charge < -0.3 is 5.73 Å². The molecule has 0 unspecified atom stereocenters. The molecule has 2 aromatic heterocycles. The van der Waals surface area contributed by atoms with Crippen LogP contribution >= 0.6 is 0 Å². The van der Waals surface area contributed by atoms with Gasteiger partial charge in [0.25, 0.3) is 0 Å². The number of nitrogens with one attached hydrogen (secondary N) is 1. The quantitative estimate of drug-likeness (QED) is 0.627. The third-order valence-corrected chi connectivity index (χ3v) is 2.25. The minimum atomic E-state index is 0.135. The molecule has 2 heterocycles. The molecular formula is C10H8N6. The van der Waals surface area contributed by atoms with E-state index in [0.29, 0.717) is 11.2 Å². The summed E-state index contributed by atoms with van der Waals surface area (Å²) in [7, 11) is 0. The number of nitrogen functional groups attached to an aromatic ring is 1. The zero-order chi connectivity index (χ0) is 11.0. The maximum Gasteiger partial charge on any atom is 0.242 e. The van der Waals surface area contributed by atoms with Gasteiger partial charge in [-0.3, -0.25) is 5.10 Å². The van der Waals surface area contributed by atoms with E-state index in [1.165, 1.54) is 0 Å². The molecule has 78 valence electrons. The van der Waals surface area contributed by atoms with Crippen LogP contribution in [0.1, 0.15) is 0 Å². The van der Waals surface area contributed by atoms with E-state index in [-0.39, 0.29) is 5.95 Å². The van der Waals surface area contributed by atoms with E-state index >= 15 is 0 Å². The molecule has 0 fully saturated rings. The Balaban J connectivity index is 2.26. The Kier molecular flexibility index (Phi) is 1.79. The molecule has 6 nitrogen and oxygen atoms in total. The van der Waals surface area contributed by atoms with Crippen molar-refractivity contribution in [3.05, 3.63) is 30.3 Å². The average molecular weight is 212 g/mol. The van der Waals surface area contributed by atoms with Crippen molar-refractivity contribution in [2.45, 2.75) is 0 Å². The van der Waals surface area contributed by atoms with Crippen LogP contribution in [-0.4, -0.2) is 25.4 Å². The van der Waals surface area contributed by atoms with Crippen LogP contribution in [0.2, 0.25) is 0 Å². The number of benzene rings is 1. The number of aromatic nitrogens is 5. The molecule has 6 heteroatoms. The first-order valence-electron chi connectivity index (χ1n) is 4.74. The number of hydrogen-bond donors (Lipinski definition) is 2. The summed E-state index contributed by atoms with van der Waals surface area (Å²) in [5, 5.41) is 14.7. The number of anilines is 1. The van der Waals surface area contributed by atoms with Crippen LogP contribution in [0.5, 0.6) is 0 Å². The van der Waals surface area contributed by atoms with Gasteiger partial charge in [0.2, 0.25) is 5.95 Å². The van der Waals surface area contributed by atoms with E-state index in [0.717, 1.165) is 11.3 Å². The predicted molar refractivity (Wildman–Crippen MR) is 59.3 cm³/mol. The van der Waals surface area contributed by atoms with E-state index < -0.39 is 0 Å². The third-order valence-electron chi connectivity index (χ3n) is 2.25. The Morgan fingerprint density at radius 2 is 1.88 bits per heavy atom. The zero-order valence-electron chi connectivity index (χ0n) is 8.25. The van der Waals surface area contributed by atoms with Crippen LogP contribution in [0.4, 0.5) is 5.95 Å². The van der Waals surface area contributed by atoms with Crippen molar-refractivity contribution in [3.8, 4) is 11.3 Å². The summed E-state index contributed by atoms with van der Waals surface area (Å²) >= 11 is 0. The SMILES string of the molecule is Nc1nnc2c(-c3ccccc3)n[nH]c2n1. The molecule has 16 heavy (non-hydrogen) atoms. The van der Waals surface area contributed by atoms with Gasteiger partial charge in [-0.25, -0.2) is 0 Å². The van der Waals surface area contributed by atoms with Crippen molar-refractivity contribution in [2.75, 3.05) is 5.73 Å². The van der Waals surface area contributed by atoms with Crippen molar-refractivity contribution in [1.82, 2.24) is 25.4 Å². The minimum Gasteiger partial charge on any atom is -0.366 e. The molecule has 1 aromatic carbocycles.